The predicted molar refractivity (Wildman–Crippen MR) is 106 cm³/mol. The summed E-state index contributed by atoms with van der Waals surface area (Å²) in [6, 6.07) is 3.72. The van der Waals surface area contributed by atoms with E-state index in [2.05, 4.69) is 5.32 Å². The van der Waals surface area contributed by atoms with Crippen LogP contribution in [0.25, 0.3) is 11.0 Å². The number of fused-ring (bicyclic) bond motifs is 1. The van der Waals surface area contributed by atoms with Gasteiger partial charge < -0.3 is 19.9 Å². The molecule has 0 unspecified atom stereocenters. The maximum absolute atomic E-state index is 12.8. The second kappa shape index (κ2) is 6.30. The number of nitrogens with zero attached hydrogens (tertiary/aromatic N) is 4. The van der Waals surface area contributed by atoms with Gasteiger partial charge in [-0.1, -0.05) is 0 Å². The van der Waals surface area contributed by atoms with Crippen LogP contribution in [0.4, 0.5) is 16.2 Å². The molecule has 2 saturated heterocycles. The number of hydrogen-bond acceptors (Lipinski definition) is 4. The van der Waals surface area contributed by atoms with Crippen LogP contribution in [0.3, 0.4) is 0 Å². The van der Waals surface area contributed by atoms with Crippen LogP contribution in [0.15, 0.2) is 16.9 Å². The number of carbonyl (C=O) groups is 1. The number of aryl methyl sites for hydroxylation is 2. The van der Waals surface area contributed by atoms with Crippen molar-refractivity contribution in [1.29, 1.82) is 0 Å². The maximum atomic E-state index is 12.8. The highest BCUT2D eigenvalue weighted by molar-refractivity contribution is 5.97. The molecule has 0 radical (unpaired) electrons. The highest BCUT2D eigenvalue weighted by Gasteiger charge is 2.42. The molecule has 8 heteroatoms. The molecule has 4 rings (SSSR count). The third kappa shape index (κ3) is 2.88. The van der Waals surface area contributed by atoms with Crippen LogP contribution in [0.5, 0.6) is 0 Å². The highest BCUT2D eigenvalue weighted by atomic mass is 16.5. The zero-order chi connectivity index (χ0) is 19.3. The number of piperidine rings is 1. The first kappa shape index (κ1) is 17.9. The molecule has 1 N–H and O–H groups in total. The van der Waals surface area contributed by atoms with Crippen LogP contribution < -0.4 is 15.9 Å². The molecule has 2 fully saturated rings. The fourth-order valence-electron chi connectivity index (χ4n) is 4.10. The van der Waals surface area contributed by atoms with Crippen LogP contribution in [0.2, 0.25) is 0 Å². The number of nitrogens with one attached hydrogen (secondary N) is 1. The first-order chi connectivity index (χ1) is 12.8. The van der Waals surface area contributed by atoms with Gasteiger partial charge in [-0.05, 0) is 31.4 Å². The van der Waals surface area contributed by atoms with Gasteiger partial charge in [0.05, 0.1) is 34.6 Å². The largest absolute Gasteiger partial charge is 0.376 e. The fraction of sp³-hybridized carbons (Fsp3) is 0.579. The van der Waals surface area contributed by atoms with Crippen molar-refractivity contribution in [1.82, 2.24) is 14.0 Å². The van der Waals surface area contributed by atoms with E-state index in [1.807, 2.05) is 36.0 Å². The topological polar surface area (TPSA) is 71.7 Å². The molecule has 2 aliphatic heterocycles. The van der Waals surface area contributed by atoms with E-state index in [4.69, 9.17) is 4.74 Å². The average Bonchev–Trinajstić information content (AvgIpc) is 2.83. The molecule has 0 saturated carbocycles. The number of benzene rings is 1. The summed E-state index contributed by atoms with van der Waals surface area (Å²) in [6.07, 6.45) is 2.90. The minimum absolute atomic E-state index is 0.0206. The van der Waals surface area contributed by atoms with Gasteiger partial charge in [0.25, 0.3) is 0 Å². The van der Waals surface area contributed by atoms with Gasteiger partial charge in [-0.15, -0.1) is 0 Å². The molecule has 2 aliphatic rings. The van der Waals surface area contributed by atoms with Crippen molar-refractivity contribution < 1.29 is 9.53 Å². The number of ether oxygens (including phenoxy) is 1. The summed E-state index contributed by atoms with van der Waals surface area (Å²) in [5, 5.41) is 3.05. The van der Waals surface area contributed by atoms with Crippen LogP contribution in [0, 0.1) is 0 Å². The number of likely N-dealkylation sites (tertiary alicyclic amines) is 1. The molecular formula is C19H27N5O3. The minimum Gasteiger partial charge on any atom is -0.376 e. The summed E-state index contributed by atoms with van der Waals surface area (Å²) in [4.78, 5) is 28.9. The van der Waals surface area contributed by atoms with Gasteiger partial charge in [0, 0.05) is 41.3 Å². The number of amides is 2. The lowest BCUT2D eigenvalue weighted by Crippen LogP contribution is -2.54. The van der Waals surface area contributed by atoms with Crippen LogP contribution in [-0.4, -0.2) is 59.5 Å². The van der Waals surface area contributed by atoms with E-state index in [1.54, 1.807) is 23.2 Å². The number of aromatic nitrogens is 2. The Bertz CT molecular complexity index is 944. The van der Waals surface area contributed by atoms with Crippen molar-refractivity contribution in [2.75, 3.05) is 44.0 Å². The second-order valence-corrected chi connectivity index (χ2v) is 7.85. The Morgan fingerprint density at radius 2 is 1.70 bits per heavy atom. The third-order valence-electron chi connectivity index (χ3n) is 6.04. The molecule has 0 atom stereocenters. The minimum atomic E-state index is -0.104. The van der Waals surface area contributed by atoms with E-state index >= 15 is 0 Å². The molecule has 2 aromatic rings. The molecule has 1 spiro atoms. The first-order valence-electron chi connectivity index (χ1n) is 9.38. The van der Waals surface area contributed by atoms with Gasteiger partial charge in [-0.2, -0.15) is 0 Å². The summed E-state index contributed by atoms with van der Waals surface area (Å²) in [6.45, 7) is 2.25. The molecule has 1 aromatic carbocycles. The van der Waals surface area contributed by atoms with Gasteiger partial charge in [0.2, 0.25) is 0 Å². The van der Waals surface area contributed by atoms with Gasteiger partial charge in [-0.25, -0.2) is 9.59 Å². The smallest absolute Gasteiger partial charge is 0.328 e. The second-order valence-electron chi connectivity index (χ2n) is 7.85. The molecule has 27 heavy (non-hydrogen) atoms. The summed E-state index contributed by atoms with van der Waals surface area (Å²) < 4.78 is 8.95. The number of anilines is 2. The van der Waals surface area contributed by atoms with Crippen molar-refractivity contribution in [2.45, 2.75) is 24.9 Å². The SMILES string of the molecule is CN(C)c1cc2c(cc1NC(=O)N1CCC3(CCO3)CC1)n(C)c(=O)n2C. The van der Waals surface area contributed by atoms with Crippen molar-refractivity contribution in [3.63, 3.8) is 0 Å². The van der Waals surface area contributed by atoms with Crippen LogP contribution >= 0.6 is 0 Å². The molecule has 0 aliphatic carbocycles. The summed E-state index contributed by atoms with van der Waals surface area (Å²) >= 11 is 0. The summed E-state index contributed by atoms with van der Waals surface area (Å²) in [5.41, 5.74) is 3.15. The lowest BCUT2D eigenvalue weighted by atomic mass is 9.84. The predicted octanol–water partition coefficient (Wildman–Crippen LogP) is 1.73. The van der Waals surface area contributed by atoms with Gasteiger partial charge in [0.15, 0.2) is 0 Å². The fourth-order valence-corrected chi connectivity index (χ4v) is 4.10. The monoisotopic (exact) mass is 373 g/mol. The van der Waals surface area contributed by atoms with Crippen molar-refractivity contribution in [3.8, 4) is 0 Å². The normalized spacial score (nSPS) is 18.6. The Morgan fingerprint density at radius 3 is 2.22 bits per heavy atom. The highest BCUT2D eigenvalue weighted by Crippen LogP contribution is 2.37. The van der Waals surface area contributed by atoms with Crippen LogP contribution in [0.1, 0.15) is 19.3 Å². The van der Waals surface area contributed by atoms with E-state index < -0.39 is 0 Å². The molecule has 1 aromatic heterocycles. The Labute approximate surface area is 158 Å². The first-order valence-corrected chi connectivity index (χ1v) is 9.38. The van der Waals surface area contributed by atoms with Crippen molar-refractivity contribution in [2.24, 2.45) is 14.1 Å². The number of imidazole rings is 1. The summed E-state index contributed by atoms with van der Waals surface area (Å²) in [7, 11) is 7.36. The molecule has 2 amide bonds. The van der Waals surface area contributed by atoms with Crippen LogP contribution in [-0.2, 0) is 18.8 Å². The molecule has 3 heterocycles. The van der Waals surface area contributed by atoms with Gasteiger partial charge >= 0.3 is 11.7 Å². The lowest BCUT2D eigenvalue weighted by molar-refractivity contribution is -0.168. The van der Waals surface area contributed by atoms with Gasteiger partial charge in [-0.3, -0.25) is 9.13 Å². The van der Waals surface area contributed by atoms with E-state index in [1.165, 1.54) is 0 Å². The molecular weight excluding hydrogens is 346 g/mol. The number of carbonyl (C=O) groups excluding carboxylic acids is 1. The third-order valence-corrected chi connectivity index (χ3v) is 6.04. The Morgan fingerprint density at radius 1 is 1.11 bits per heavy atom. The lowest BCUT2D eigenvalue weighted by Gasteiger charge is -2.47. The van der Waals surface area contributed by atoms with Crippen molar-refractivity contribution in [3.05, 3.63) is 22.6 Å². The maximum Gasteiger partial charge on any atom is 0.328 e. The van der Waals surface area contributed by atoms with Crippen molar-refractivity contribution >= 4 is 28.4 Å². The standard InChI is InChI=1S/C19H27N5O3/c1-21(2)14-12-16-15(22(3)18(26)23(16)4)11-13(14)20-17(25)24-8-5-19(6-9-24)7-10-27-19/h11-12H,5-10H2,1-4H3,(H,20,25). The molecule has 8 nitrogen and oxygen atoms in total. The quantitative estimate of drug-likeness (QED) is 0.870. The van der Waals surface area contributed by atoms with Gasteiger partial charge in [0.1, 0.15) is 0 Å². The summed E-state index contributed by atoms with van der Waals surface area (Å²) in [5.74, 6) is 0. The number of rotatable bonds is 2. The zero-order valence-corrected chi connectivity index (χ0v) is 16.4. The van der Waals surface area contributed by atoms with E-state index in [0.29, 0.717) is 18.8 Å². The molecule has 0 bridgehead atoms. The van der Waals surface area contributed by atoms with E-state index in [0.717, 1.165) is 42.6 Å². The zero-order valence-electron chi connectivity index (χ0n) is 16.4. The Kier molecular flexibility index (Phi) is 4.18. The number of hydrogen-bond donors (Lipinski definition) is 1. The van der Waals surface area contributed by atoms with E-state index in [9.17, 15) is 9.59 Å². The number of urea groups is 1. The molecule has 146 valence electrons. The Hall–Kier alpha value is -2.48. The van der Waals surface area contributed by atoms with E-state index in [-0.39, 0.29) is 17.3 Å². The average molecular weight is 373 g/mol. The Balaban J connectivity index is 1.60.